The number of benzene rings is 1. The van der Waals surface area contributed by atoms with Crippen molar-refractivity contribution < 1.29 is 22.6 Å². The first-order valence-corrected chi connectivity index (χ1v) is 8.76. The van der Waals surface area contributed by atoms with Crippen LogP contribution in [0.2, 0.25) is 0 Å². The van der Waals surface area contributed by atoms with Gasteiger partial charge in [0.25, 0.3) is 0 Å². The third kappa shape index (κ3) is 3.35. The second kappa shape index (κ2) is 6.41. The van der Waals surface area contributed by atoms with Gasteiger partial charge in [0.2, 0.25) is 16.8 Å². The molecule has 1 atom stereocenters. The molecule has 2 aliphatic rings. The molecule has 122 valence electrons. The van der Waals surface area contributed by atoms with E-state index >= 15 is 0 Å². The van der Waals surface area contributed by atoms with Crippen LogP contribution in [0.3, 0.4) is 0 Å². The maximum Gasteiger partial charge on any atom is 0.240 e. The molecule has 0 saturated carbocycles. The smallest absolute Gasteiger partial charge is 0.240 e. The Bertz CT molecular complexity index is 628. The molecule has 3 rings (SSSR count). The molecule has 0 aliphatic carbocycles. The van der Waals surface area contributed by atoms with E-state index in [1.165, 1.54) is 12.1 Å². The van der Waals surface area contributed by atoms with E-state index in [9.17, 15) is 8.42 Å². The van der Waals surface area contributed by atoms with Gasteiger partial charge in [-0.05, 0) is 19.1 Å². The molecule has 0 bridgehead atoms. The molecule has 1 aromatic rings. The zero-order valence-electron chi connectivity index (χ0n) is 12.4. The Labute approximate surface area is 130 Å². The third-order valence-electron chi connectivity index (χ3n) is 3.89. The van der Waals surface area contributed by atoms with E-state index in [0.717, 1.165) is 13.1 Å². The Balaban J connectivity index is 1.63. The van der Waals surface area contributed by atoms with Gasteiger partial charge in [-0.15, -0.1) is 0 Å². The highest BCUT2D eigenvalue weighted by atomic mass is 32.2. The van der Waals surface area contributed by atoms with E-state index in [1.54, 1.807) is 6.07 Å². The van der Waals surface area contributed by atoms with Crippen molar-refractivity contribution >= 4 is 10.0 Å². The van der Waals surface area contributed by atoms with Gasteiger partial charge in [-0.1, -0.05) is 0 Å². The van der Waals surface area contributed by atoms with Crippen LogP contribution in [-0.2, 0) is 14.8 Å². The summed E-state index contributed by atoms with van der Waals surface area (Å²) in [5.74, 6) is 1.03. The number of ether oxygens (including phenoxy) is 3. The molecule has 2 heterocycles. The summed E-state index contributed by atoms with van der Waals surface area (Å²) in [7, 11) is -3.56. The van der Waals surface area contributed by atoms with Gasteiger partial charge in [-0.25, -0.2) is 13.1 Å². The lowest BCUT2D eigenvalue weighted by Gasteiger charge is -2.32. The van der Waals surface area contributed by atoms with E-state index in [0.29, 0.717) is 31.3 Å². The quantitative estimate of drug-likeness (QED) is 0.844. The first-order valence-electron chi connectivity index (χ1n) is 7.27. The van der Waals surface area contributed by atoms with Gasteiger partial charge in [-0.3, -0.25) is 4.90 Å². The number of nitrogens with zero attached hydrogens (tertiary/aromatic N) is 1. The summed E-state index contributed by atoms with van der Waals surface area (Å²) in [6.07, 6.45) is 0. The summed E-state index contributed by atoms with van der Waals surface area (Å²) in [5.41, 5.74) is 0. The Hall–Kier alpha value is -1.35. The Kier molecular flexibility index (Phi) is 4.53. The molecule has 0 spiro atoms. The van der Waals surface area contributed by atoms with Crippen molar-refractivity contribution in [1.29, 1.82) is 0 Å². The number of hydrogen-bond donors (Lipinski definition) is 1. The van der Waals surface area contributed by atoms with Crippen LogP contribution in [0.15, 0.2) is 23.1 Å². The van der Waals surface area contributed by atoms with Gasteiger partial charge >= 0.3 is 0 Å². The van der Waals surface area contributed by atoms with Gasteiger partial charge in [0.05, 0.1) is 18.1 Å². The van der Waals surface area contributed by atoms with Gasteiger partial charge in [0.1, 0.15) is 0 Å². The first-order chi connectivity index (χ1) is 10.6. The number of fused-ring (bicyclic) bond motifs is 1. The van der Waals surface area contributed by atoms with Crippen molar-refractivity contribution in [3.05, 3.63) is 18.2 Å². The molecule has 1 unspecified atom stereocenters. The number of hydrogen-bond acceptors (Lipinski definition) is 6. The molecular formula is C14H20N2O5S. The fraction of sp³-hybridized carbons (Fsp3) is 0.571. The predicted octanol–water partition coefficient (Wildman–Crippen LogP) is 0.414. The number of rotatable bonds is 5. The third-order valence-corrected chi connectivity index (χ3v) is 5.31. The minimum Gasteiger partial charge on any atom is -0.454 e. The lowest BCUT2D eigenvalue weighted by Crippen LogP contribution is -2.47. The zero-order chi connectivity index (χ0) is 15.6. The fourth-order valence-electron chi connectivity index (χ4n) is 2.51. The SMILES string of the molecule is CC(CNS(=O)(=O)c1ccc2c(c1)OCO2)N1CCOCC1. The molecule has 8 heteroatoms. The largest absolute Gasteiger partial charge is 0.454 e. The topological polar surface area (TPSA) is 77.1 Å². The van der Waals surface area contributed by atoms with Crippen LogP contribution < -0.4 is 14.2 Å². The molecule has 0 aromatic heterocycles. The van der Waals surface area contributed by atoms with Crippen LogP contribution in [0.5, 0.6) is 11.5 Å². The van der Waals surface area contributed by atoms with Crippen LogP contribution >= 0.6 is 0 Å². The van der Waals surface area contributed by atoms with Crippen LogP contribution in [-0.4, -0.2) is 59.0 Å². The van der Waals surface area contributed by atoms with Crippen molar-refractivity contribution in [2.75, 3.05) is 39.6 Å². The maximum atomic E-state index is 12.4. The van der Waals surface area contributed by atoms with Crippen molar-refractivity contribution in [3.8, 4) is 11.5 Å². The van der Waals surface area contributed by atoms with Gasteiger partial charge in [-0.2, -0.15) is 0 Å². The van der Waals surface area contributed by atoms with Crippen molar-refractivity contribution in [2.45, 2.75) is 17.9 Å². The van der Waals surface area contributed by atoms with Crippen LogP contribution in [0.1, 0.15) is 6.92 Å². The molecule has 1 saturated heterocycles. The van der Waals surface area contributed by atoms with E-state index < -0.39 is 10.0 Å². The van der Waals surface area contributed by atoms with E-state index in [2.05, 4.69) is 9.62 Å². The zero-order valence-corrected chi connectivity index (χ0v) is 13.3. The average Bonchev–Trinajstić information content (AvgIpc) is 3.01. The molecule has 0 amide bonds. The van der Waals surface area contributed by atoms with E-state index in [4.69, 9.17) is 14.2 Å². The molecular weight excluding hydrogens is 308 g/mol. The van der Waals surface area contributed by atoms with E-state index in [1.807, 2.05) is 6.92 Å². The van der Waals surface area contributed by atoms with Crippen LogP contribution in [0.4, 0.5) is 0 Å². The molecule has 22 heavy (non-hydrogen) atoms. The predicted molar refractivity (Wildman–Crippen MR) is 79.6 cm³/mol. The highest BCUT2D eigenvalue weighted by molar-refractivity contribution is 7.89. The standard InChI is InChI=1S/C14H20N2O5S/c1-11(16-4-6-19-7-5-16)9-15-22(17,18)12-2-3-13-14(8-12)21-10-20-13/h2-3,8,11,15H,4-7,9-10H2,1H3. The molecule has 1 aromatic carbocycles. The highest BCUT2D eigenvalue weighted by Crippen LogP contribution is 2.33. The minimum atomic E-state index is -3.56. The number of sulfonamides is 1. The van der Waals surface area contributed by atoms with Crippen LogP contribution in [0.25, 0.3) is 0 Å². The summed E-state index contributed by atoms with van der Waals surface area (Å²) >= 11 is 0. The average molecular weight is 328 g/mol. The van der Waals surface area contributed by atoms with Crippen molar-refractivity contribution in [3.63, 3.8) is 0 Å². The number of morpholine rings is 1. The first kappa shape index (κ1) is 15.5. The fourth-order valence-corrected chi connectivity index (χ4v) is 3.64. The summed E-state index contributed by atoms with van der Waals surface area (Å²) in [4.78, 5) is 2.40. The Morgan fingerprint density at radius 2 is 1.95 bits per heavy atom. The van der Waals surface area contributed by atoms with Crippen molar-refractivity contribution in [2.24, 2.45) is 0 Å². The second-order valence-corrected chi connectivity index (χ2v) is 7.13. The molecule has 7 nitrogen and oxygen atoms in total. The lowest BCUT2D eigenvalue weighted by atomic mass is 10.2. The second-order valence-electron chi connectivity index (χ2n) is 5.36. The van der Waals surface area contributed by atoms with Gasteiger partial charge in [0, 0.05) is 31.7 Å². The van der Waals surface area contributed by atoms with Gasteiger partial charge in [0.15, 0.2) is 11.5 Å². The Morgan fingerprint density at radius 3 is 2.73 bits per heavy atom. The van der Waals surface area contributed by atoms with Crippen molar-refractivity contribution in [1.82, 2.24) is 9.62 Å². The molecule has 2 aliphatic heterocycles. The molecule has 1 fully saturated rings. The Morgan fingerprint density at radius 1 is 1.23 bits per heavy atom. The normalized spacial score (nSPS) is 20.0. The maximum absolute atomic E-state index is 12.4. The summed E-state index contributed by atoms with van der Waals surface area (Å²) in [5, 5.41) is 0. The molecule has 0 radical (unpaired) electrons. The molecule has 1 N–H and O–H groups in total. The lowest BCUT2D eigenvalue weighted by molar-refractivity contribution is 0.0213. The van der Waals surface area contributed by atoms with Crippen LogP contribution in [0, 0.1) is 0 Å². The highest BCUT2D eigenvalue weighted by Gasteiger charge is 2.22. The summed E-state index contributed by atoms with van der Waals surface area (Å²) in [6.45, 7) is 5.53. The van der Waals surface area contributed by atoms with E-state index in [-0.39, 0.29) is 17.7 Å². The summed E-state index contributed by atoms with van der Waals surface area (Å²) < 4.78 is 43.1. The number of nitrogens with one attached hydrogen (secondary N) is 1. The monoisotopic (exact) mass is 328 g/mol. The summed E-state index contributed by atoms with van der Waals surface area (Å²) in [6, 6.07) is 4.74. The minimum absolute atomic E-state index is 0.118. The van der Waals surface area contributed by atoms with Gasteiger partial charge < -0.3 is 14.2 Å².